The first-order chi connectivity index (χ1) is 14.7. The van der Waals surface area contributed by atoms with E-state index >= 15 is 0 Å². The van der Waals surface area contributed by atoms with Crippen LogP contribution in [0.25, 0.3) is 11.3 Å². The Morgan fingerprint density at radius 3 is 2.71 bits per heavy atom. The van der Waals surface area contributed by atoms with Crippen LogP contribution in [0, 0.1) is 5.92 Å². The molecule has 0 spiro atoms. The Balaban J connectivity index is 1.43. The van der Waals surface area contributed by atoms with E-state index in [1.54, 1.807) is 30.3 Å². The van der Waals surface area contributed by atoms with E-state index in [1.165, 1.54) is 22.7 Å². The fourth-order valence-corrected chi connectivity index (χ4v) is 4.66. The summed E-state index contributed by atoms with van der Waals surface area (Å²) in [6, 6.07) is 12.4. The van der Waals surface area contributed by atoms with Gasteiger partial charge in [0.25, 0.3) is 0 Å². The third-order valence-corrected chi connectivity index (χ3v) is 7.26. The summed E-state index contributed by atoms with van der Waals surface area (Å²) in [5, 5.41) is 5.82. The molecule has 2 heterocycles. The molecule has 162 valence electrons. The van der Waals surface area contributed by atoms with Gasteiger partial charge < -0.3 is 10.1 Å². The Morgan fingerprint density at radius 2 is 2.00 bits per heavy atom. The van der Waals surface area contributed by atoms with E-state index in [1.807, 2.05) is 17.5 Å². The van der Waals surface area contributed by atoms with Gasteiger partial charge in [-0.1, -0.05) is 23.7 Å². The van der Waals surface area contributed by atoms with Gasteiger partial charge in [0, 0.05) is 23.0 Å². The van der Waals surface area contributed by atoms with Crippen molar-refractivity contribution in [2.45, 2.75) is 6.42 Å². The Bertz CT molecular complexity index is 1230. The maximum atomic E-state index is 12.7. The number of anilines is 2. The van der Waals surface area contributed by atoms with Crippen molar-refractivity contribution in [2.24, 2.45) is 5.92 Å². The number of thiazole rings is 1. The van der Waals surface area contributed by atoms with Gasteiger partial charge in [0.2, 0.25) is 15.9 Å². The number of fused-ring (bicyclic) bond motifs is 1. The molecule has 0 saturated heterocycles. The minimum Gasteiger partial charge on any atom is -0.492 e. The van der Waals surface area contributed by atoms with Crippen LogP contribution in [0.2, 0.25) is 5.02 Å². The molecule has 0 bridgehead atoms. The van der Waals surface area contributed by atoms with Crippen molar-refractivity contribution < 1.29 is 17.9 Å². The number of carbonyl (C=O) groups excluding carboxylic acids is 1. The molecule has 1 atom stereocenters. The smallest absolute Gasteiger partial charge is 0.233 e. The molecule has 0 aliphatic carbocycles. The Kier molecular flexibility index (Phi) is 5.92. The van der Waals surface area contributed by atoms with E-state index in [0.29, 0.717) is 34.6 Å². The maximum Gasteiger partial charge on any atom is 0.233 e. The van der Waals surface area contributed by atoms with E-state index in [2.05, 4.69) is 10.3 Å². The van der Waals surface area contributed by atoms with E-state index in [-0.39, 0.29) is 11.8 Å². The van der Waals surface area contributed by atoms with Crippen LogP contribution >= 0.6 is 22.9 Å². The predicted octanol–water partition coefficient (Wildman–Crippen LogP) is 4.05. The van der Waals surface area contributed by atoms with Gasteiger partial charge in [-0.3, -0.25) is 9.10 Å². The van der Waals surface area contributed by atoms with Crippen molar-refractivity contribution in [3.63, 3.8) is 0 Å². The van der Waals surface area contributed by atoms with Crippen molar-refractivity contribution in [1.82, 2.24) is 4.98 Å². The molecule has 0 saturated carbocycles. The summed E-state index contributed by atoms with van der Waals surface area (Å²) in [5.41, 5.74) is 3.00. The van der Waals surface area contributed by atoms with Crippen molar-refractivity contribution >= 4 is 49.7 Å². The highest BCUT2D eigenvalue weighted by molar-refractivity contribution is 7.92. The molecule has 1 aliphatic rings. The van der Waals surface area contributed by atoms with Gasteiger partial charge in [0.05, 0.1) is 23.6 Å². The molecule has 1 unspecified atom stereocenters. The standard InChI is InChI=1S/C21H20ClN3O4S2/c1-25(31(2,27)28)17-6-3-13(4-7-17)18-12-30-21(23-18)24-20(26)15-9-14-10-16(22)5-8-19(14)29-11-15/h3-8,10,12,15H,9,11H2,1-2H3,(H,23,24,26). The quantitative estimate of drug-likeness (QED) is 0.598. The van der Waals surface area contributed by atoms with Gasteiger partial charge in [-0.2, -0.15) is 0 Å². The van der Waals surface area contributed by atoms with Gasteiger partial charge in [-0.25, -0.2) is 13.4 Å². The number of rotatable bonds is 5. The largest absolute Gasteiger partial charge is 0.492 e. The summed E-state index contributed by atoms with van der Waals surface area (Å²) in [6.07, 6.45) is 1.70. The Morgan fingerprint density at radius 1 is 1.26 bits per heavy atom. The van der Waals surface area contributed by atoms with Crippen LogP contribution in [0.15, 0.2) is 47.8 Å². The van der Waals surface area contributed by atoms with E-state index in [4.69, 9.17) is 16.3 Å². The lowest BCUT2D eigenvalue weighted by Crippen LogP contribution is -2.32. The molecular formula is C21H20ClN3O4S2. The highest BCUT2D eigenvalue weighted by Crippen LogP contribution is 2.31. The zero-order valence-electron chi connectivity index (χ0n) is 16.8. The molecule has 0 radical (unpaired) electrons. The zero-order valence-corrected chi connectivity index (χ0v) is 19.2. The van der Waals surface area contributed by atoms with Crippen molar-refractivity contribution in [2.75, 3.05) is 29.5 Å². The number of hydrogen-bond acceptors (Lipinski definition) is 6. The first-order valence-corrected chi connectivity index (χ1v) is 12.5. The highest BCUT2D eigenvalue weighted by atomic mass is 35.5. The molecule has 2 aromatic carbocycles. The molecule has 0 fully saturated rings. The first-order valence-electron chi connectivity index (χ1n) is 9.42. The maximum absolute atomic E-state index is 12.7. The molecule has 1 aromatic heterocycles. The van der Waals surface area contributed by atoms with Crippen molar-refractivity contribution in [3.05, 3.63) is 58.4 Å². The zero-order chi connectivity index (χ0) is 22.2. The summed E-state index contributed by atoms with van der Waals surface area (Å²) in [4.78, 5) is 17.2. The second kappa shape index (κ2) is 8.49. The molecule has 7 nitrogen and oxygen atoms in total. The number of benzene rings is 2. The van der Waals surface area contributed by atoms with Gasteiger partial charge in [-0.05, 0) is 42.3 Å². The SMILES string of the molecule is CN(c1ccc(-c2csc(NC(=O)C3COc4ccc(Cl)cc4C3)n2)cc1)S(C)(=O)=O. The van der Waals surface area contributed by atoms with Crippen LogP contribution in [0.5, 0.6) is 5.75 Å². The second-order valence-electron chi connectivity index (χ2n) is 7.27. The van der Waals surface area contributed by atoms with Crippen LogP contribution in [0.4, 0.5) is 10.8 Å². The number of ether oxygens (including phenoxy) is 1. The van der Waals surface area contributed by atoms with E-state index in [9.17, 15) is 13.2 Å². The summed E-state index contributed by atoms with van der Waals surface area (Å²) in [6.45, 7) is 0.300. The summed E-state index contributed by atoms with van der Waals surface area (Å²) >= 11 is 7.38. The Labute approximate surface area is 189 Å². The molecule has 4 rings (SSSR count). The summed E-state index contributed by atoms with van der Waals surface area (Å²) < 4.78 is 30.2. The van der Waals surface area contributed by atoms with E-state index in [0.717, 1.165) is 23.1 Å². The topological polar surface area (TPSA) is 88.6 Å². The number of amides is 1. The lowest BCUT2D eigenvalue weighted by Gasteiger charge is -2.24. The average molecular weight is 478 g/mol. The summed E-state index contributed by atoms with van der Waals surface area (Å²) in [7, 11) is -1.82. The van der Waals surface area contributed by atoms with Crippen molar-refractivity contribution in [1.29, 1.82) is 0 Å². The fraction of sp³-hybridized carbons (Fsp3) is 0.238. The monoisotopic (exact) mass is 477 g/mol. The van der Waals surface area contributed by atoms with Crippen molar-refractivity contribution in [3.8, 4) is 17.0 Å². The molecular weight excluding hydrogens is 458 g/mol. The molecule has 1 aliphatic heterocycles. The number of nitrogens with zero attached hydrogens (tertiary/aromatic N) is 2. The van der Waals surface area contributed by atoms with E-state index < -0.39 is 10.0 Å². The fourth-order valence-electron chi connectivity index (χ4n) is 3.24. The molecule has 31 heavy (non-hydrogen) atoms. The third kappa shape index (κ3) is 4.84. The normalized spacial score (nSPS) is 15.6. The number of nitrogens with one attached hydrogen (secondary N) is 1. The van der Waals surface area contributed by atoms with Crippen LogP contribution in [0.1, 0.15) is 5.56 Å². The highest BCUT2D eigenvalue weighted by Gasteiger charge is 2.27. The number of aromatic nitrogens is 1. The van der Waals surface area contributed by atoms with Gasteiger partial charge in [0.1, 0.15) is 12.4 Å². The Hall–Kier alpha value is -2.62. The van der Waals surface area contributed by atoms with Crippen LogP contribution < -0.4 is 14.4 Å². The second-order valence-corrected chi connectivity index (χ2v) is 10.6. The van der Waals surface area contributed by atoms with Crippen LogP contribution in [-0.4, -0.2) is 39.2 Å². The summed E-state index contributed by atoms with van der Waals surface area (Å²) in [5.74, 6) is 0.274. The molecule has 1 amide bonds. The number of carbonyl (C=O) groups is 1. The first kappa shape index (κ1) is 21.6. The molecule has 1 N–H and O–H groups in total. The van der Waals surface area contributed by atoms with Crippen LogP contribution in [0.3, 0.4) is 0 Å². The number of halogens is 1. The predicted molar refractivity (Wildman–Crippen MR) is 124 cm³/mol. The number of sulfonamides is 1. The average Bonchev–Trinajstić information content (AvgIpc) is 3.20. The number of hydrogen-bond donors (Lipinski definition) is 1. The minimum atomic E-state index is -3.32. The van der Waals surface area contributed by atoms with Gasteiger partial charge in [0.15, 0.2) is 5.13 Å². The third-order valence-electron chi connectivity index (χ3n) is 5.06. The molecule has 3 aromatic rings. The lowest BCUT2D eigenvalue weighted by molar-refractivity contribution is -0.121. The minimum absolute atomic E-state index is 0.156. The van der Waals surface area contributed by atoms with Crippen LogP contribution in [-0.2, 0) is 21.2 Å². The lowest BCUT2D eigenvalue weighted by atomic mass is 9.96. The van der Waals surface area contributed by atoms with Gasteiger partial charge >= 0.3 is 0 Å². The molecule has 10 heteroatoms. The van der Waals surface area contributed by atoms with Gasteiger partial charge in [-0.15, -0.1) is 11.3 Å².